The summed E-state index contributed by atoms with van der Waals surface area (Å²) in [5.74, 6) is 0.827. The topological polar surface area (TPSA) is 78.5 Å². The normalized spacial score (nSPS) is 17.6. The van der Waals surface area contributed by atoms with E-state index in [2.05, 4.69) is 10.2 Å². The van der Waals surface area contributed by atoms with Crippen LogP contribution in [0.4, 0.5) is 5.69 Å². The van der Waals surface area contributed by atoms with Gasteiger partial charge in [-0.3, -0.25) is 14.7 Å². The van der Waals surface area contributed by atoms with Crippen LogP contribution in [0.25, 0.3) is 11.1 Å². The first-order chi connectivity index (χ1) is 16.0. The van der Waals surface area contributed by atoms with Crippen molar-refractivity contribution >= 4 is 29.1 Å². The monoisotopic (exact) mass is 464 g/mol. The molecule has 5 rings (SSSR count). The zero-order chi connectivity index (χ0) is 23.0. The van der Waals surface area contributed by atoms with Crippen LogP contribution in [0.2, 0.25) is 5.02 Å². The van der Waals surface area contributed by atoms with Gasteiger partial charge in [0.15, 0.2) is 0 Å². The molecule has 1 N–H and O–H groups in total. The molecule has 1 spiro atoms. The van der Waals surface area contributed by atoms with Crippen LogP contribution in [0.5, 0.6) is 5.75 Å². The molecule has 3 heterocycles. The molecular formula is C25H25ClN4O3. The molecule has 2 fully saturated rings. The largest absolute Gasteiger partial charge is 0.496 e. The van der Waals surface area contributed by atoms with Gasteiger partial charge in [-0.05, 0) is 55.7 Å². The first-order valence-corrected chi connectivity index (χ1v) is 11.4. The average molecular weight is 465 g/mol. The quantitative estimate of drug-likeness (QED) is 0.620. The number of hydrogen-bond acceptors (Lipinski definition) is 4. The fourth-order valence-corrected chi connectivity index (χ4v) is 5.05. The summed E-state index contributed by atoms with van der Waals surface area (Å²) >= 11 is 5.94. The number of methoxy groups -OCH3 is 1. The van der Waals surface area contributed by atoms with Crippen molar-refractivity contribution in [1.29, 1.82) is 0 Å². The Morgan fingerprint density at radius 2 is 1.82 bits per heavy atom. The van der Waals surface area contributed by atoms with Gasteiger partial charge in [-0.25, -0.2) is 0 Å². The van der Waals surface area contributed by atoms with Gasteiger partial charge >= 0.3 is 0 Å². The number of H-pyrrole nitrogens is 1. The average Bonchev–Trinajstić information content (AvgIpc) is 3.49. The van der Waals surface area contributed by atoms with E-state index in [0.717, 1.165) is 23.2 Å². The van der Waals surface area contributed by atoms with Crippen molar-refractivity contribution in [3.8, 4) is 16.9 Å². The van der Waals surface area contributed by atoms with Gasteiger partial charge in [0.1, 0.15) is 5.75 Å². The van der Waals surface area contributed by atoms with E-state index in [4.69, 9.17) is 16.3 Å². The number of aromatic nitrogens is 2. The molecule has 3 aromatic rings. The molecule has 2 saturated heterocycles. The Morgan fingerprint density at radius 1 is 1.09 bits per heavy atom. The predicted octanol–water partition coefficient (Wildman–Crippen LogP) is 4.40. The number of amides is 2. The van der Waals surface area contributed by atoms with Crippen molar-refractivity contribution in [2.24, 2.45) is 5.41 Å². The van der Waals surface area contributed by atoms with Crippen LogP contribution < -0.4 is 9.64 Å². The van der Waals surface area contributed by atoms with E-state index < -0.39 is 5.41 Å². The molecule has 0 aliphatic carbocycles. The number of nitrogens with one attached hydrogen (secondary N) is 1. The molecule has 0 atom stereocenters. The molecule has 2 aliphatic rings. The van der Waals surface area contributed by atoms with E-state index in [1.54, 1.807) is 37.6 Å². The number of hydrogen-bond donors (Lipinski definition) is 1. The van der Waals surface area contributed by atoms with E-state index in [1.807, 2.05) is 34.2 Å². The number of benzene rings is 2. The number of ether oxygens (including phenoxy) is 1. The van der Waals surface area contributed by atoms with Crippen molar-refractivity contribution in [2.75, 3.05) is 31.6 Å². The Bertz CT molecular complexity index is 1170. The summed E-state index contributed by atoms with van der Waals surface area (Å²) < 4.78 is 5.60. The maximum Gasteiger partial charge on any atom is 0.253 e. The molecule has 0 saturated carbocycles. The standard InChI is InChI=1S/C25H25ClN4O3/c1-33-22-14-20(6-7-21(22)18-15-27-28-16-18)30-13-10-25(24(30)32)8-11-29(12-9-25)23(31)17-2-4-19(26)5-3-17/h2-7,14-16H,8-13H2,1H3,(H,27,28). The number of aromatic amines is 1. The Morgan fingerprint density at radius 3 is 2.48 bits per heavy atom. The summed E-state index contributed by atoms with van der Waals surface area (Å²) in [4.78, 5) is 30.1. The highest BCUT2D eigenvalue weighted by Gasteiger charge is 2.49. The first-order valence-electron chi connectivity index (χ1n) is 11.0. The summed E-state index contributed by atoms with van der Waals surface area (Å²) in [7, 11) is 1.63. The number of likely N-dealkylation sites (tertiary alicyclic amines) is 1. The lowest BCUT2D eigenvalue weighted by Crippen LogP contribution is -2.46. The molecule has 1 aromatic heterocycles. The van der Waals surface area contributed by atoms with Crippen LogP contribution >= 0.6 is 11.6 Å². The van der Waals surface area contributed by atoms with E-state index in [0.29, 0.717) is 48.8 Å². The summed E-state index contributed by atoms with van der Waals surface area (Å²) in [5.41, 5.74) is 2.90. The third-order valence-electron chi connectivity index (χ3n) is 6.92. The molecule has 0 unspecified atom stereocenters. The smallest absolute Gasteiger partial charge is 0.253 e. The SMILES string of the molecule is COc1cc(N2CCC3(CCN(C(=O)c4ccc(Cl)cc4)CC3)C2=O)ccc1-c1cn[nH]c1. The van der Waals surface area contributed by atoms with Gasteiger partial charge < -0.3 is 14.5 Å². The first kappa shape index (κ1) is 21.5. The van der Waals surface area contributed by atoms with E-state index in [9.17, 15) is 9.59 Å². The lowest BCUT2D eigenvalue weighted by atomic mass is 9.77. The van der Waals surface area contributed by atoms with Crippen LogP contribution in [0.15, 0.2) is 54.9 Å². The van der Waals surface area contributed by atoms with Crippen LogP contribution in [0.1, 0.15) is 29.6 Å². The van der Waals surface area contributed by atoms with Crippen LogP contribution in [-0.4, -0.2) is 53.7 Å². The molecule has 2 aromatic carbocycles. The molecule has 2 amide bonds. The van der Waals surface area contributed by atoms with Gasteiger partial charge in [0, 0.05) is 59.3 Å². The number of carbonyl (C=O) groups is 2. The second-order valence-electron chi connectivity index (χ2n) is 8.66. The van der Waals surface area contributed by atoms with E-state index >= 15 is 0 Å². The maximum atomic E-state index is 13.5. The predicted molar refractivity (Wildman–Crippen MR) is 127 cm³/mol. The van der Waals surface area contributed by atoms with Crippen LogP contribution in [-0.2, 0) is 4.79 Å². The van der Waals surface area contributed by atoms with Gasteiger partial charge in [0.2, 0.25) is 5.91 Å². The summed E-state index contributed by atoms with van der Waals surface area (Å²) in [5, 5.41) is 7.43. The van der Waals surface area contributed by atoms with Gasteiger partial charge in [0.05, 0.1) is 18.7 Å². The van der Waals surface area contributed by atoms with Crippen molar-refractivity contribution in [1.82, 2.24) is 15.1 Å². The zero-order valence-corrected chi connectivity index (χ0v) is 19.1. The molecular weight excluding hydrogens is 440 g/mol. The second-order valence-corrected chi connectivity index (χ2v) is 9.09. The van der Waals surface area contributed by atoms with E-state index in [1.165, 1.54) is 0 Å². The molecule has 0 bridgehead atoms. The van der Waals surface area contributed by atoms with Gasteiger partial charge in [-0.1, -0.05) is 11.6 Å². The van der Waals surface area contributed by atoms with Crippen molar-refractivity contribution in [2.45, 2.75) is 19.3 Å². The summed E-state index contributed by atoms with van der Waals surface area (Å²) in [6.07, 6.45) is 5.69. The number of halogens is 1. The lowest BCUT2D eigenvalue weighted by Gasteiger charge is -2.38. The minimum Gasteiger partial charge on any atom is -0.496 e. The van der Waals surface area contributed by atoms with Gasteiger partial charge in [-0.2, -0.15) is 5.10 Å². The van der Waals surface area contributed by atoms with Gasteiger partial charge in [-0.15, -0.1) is 0 Å². The number of nitrogens with zero attached hydrogens (tertiary/aromatic N) is 3. The molecule has 33 heavy (non-hydrogen) atoms. The molecule has 2 aliphatic heterocycles. The number of carbonyl (C=O) groups excluding carboxylic acids is 2. The highest BCUT2D eigenvalue weighted by molar-refractivity contribution is 6.30. The highest BCUT2D eigenvalue weighted by Crippen LogP contribution is 2.44. The highest BCUT2D eigenvalue weighted by atomic mass is 35.5. The summed E-state index contributed by atoms with van der Waals surface area (Å²) in [6.45, 7) is 1.81. The molecule has 7 nitrogen and oxygen atoms in total. The fourth-order valence-electron chi connectivity index (χ4n) is 4.93. The van der Waals surface area contributed by atoms with Crippen molar-refractivity contribution in [3.05, 3.63) is 65.4 Å². The van der Waals surface area contributed by atoms with Gasteiger partial charge in [0.25, 0.3) is 5.91 Å². The second kappa shape index (κ2) is 8.56. The molecule has 170 valence electrons. The minimum absolute atomic E-state index is 0.0107. The lowest BCUT2D eigenvalue weighted by molar-refractivity contribution is -0.127. The van der Waals surface area contributed by atoms with Crippen molar-refractivity contribution < 1.29 is 14.3 Å². The maximum absolute atomic E-state index is 13.5. The van der Waals surface area contributed by atoms with Crippen LogP contribution in [0.3, 0.4) is 0 Å². The number of piperidine rings is 1. The van der Waals surface area contributed by atoms with E-state index in [-0.39, 0.29) is 11.8 Å². The molecule has 0 radical (unpaired) electrons. The Balaban J connectivity index is 1.30. The van der Waals surface area contributed by atoms with Crippen LogP contribution in [0, 0.1) is 5.41 Å². The number of rotatable bonds is 4. The Kier molecular flexibility index (Phi) is 5.58. The zero-order valence-electron chi connectivity index (χ0n) is 18.4. The number of anilines is 1. The third-order valence-corrected chi connectivity index (χ3v) is 7.17. The Labute approximate surface area is 197 Å². The third kappa shape index (κ3) is 3.86. The van der Waals surface area contributed by atoms with Crippen molar-refractivity contribution in [3.63, 3.8) is 0 Å². The molecule has 8 heteroatoms. The fraction of sp³-hybridized carbons (Fsp3) is 0.320. The summed E-state index contributed by atoms with van der Waals surface area (Å²) in [6, 6.07) is 12.8. The minimum atomic E-state index is -0.409. The Hall–Kier alpha value is -3.32.